The van der Waals surface area contributed by atoms with Gasteiger partial charge in [-0.2, -0.15) is 0 Å². The lowest BCUT2D eigenvalue weighted by atomic mass is 9.83. The van der Waals surface area contributed by atoms with Gasteiger partial charge in [0.2, 0.25) is 5.91 Å². The molecule has 0 atom stereocenters. The van der Waals surface area contributed by atoms with Gasteiger partial charge in [-0.15, -0.1) is 0 Å². The van der Waals surface area contributed by atoms with Crippen LogP contribution in [-0.4, -0.2) is 43.0 Å². The van der Waals surface area contributed by atoms with Gasteiger partial charge in [-0.25, -0.2) is 0 Å². The van der Waals surface area contributed by atoms with Gasteiger partial charge in [-0.05, 0) is 69.7 Å². The number of hydrogen-bond acceptors (Lipinski definition) is 4. The monoisotopic (exact) mass is 396 g/mol. The first kappa shape index (κ1) is 20.7. The number of nitrogens with zero attached hydrogens (tertiary/aromatic N) is 1. The maximum atomic E-state index is 13.0. The molecule has 0 saturated heterocycles. The predicted molar refractivity (Wildman–Crippen MR) is 113 cm³/mol. The van der Waals surface area contributed by atoms with Gasteiger partial charge in [-0.3, -0.25) is 9.59 Å². The lowest BCUT2D eigenvalue weighted by Crippen LogP contribution is -2.35. The van der Waals surface area contributed by atoms with Gasteiger partial charge in [0.25, 0.3) is 5.91 Å². The Morgan fingerprint density at radius 3 is 2.21 bits per heavy atom. The Labute approximate surface area is 171 Å². The molecule has 1 N–H and O–H groups in total. The summed E-state index contributed by atoms with van der Waals surface area (Å²) < 4.78 is 11.2. The van der Waals surface area contributed by atoms with Crippen LogP contribution in [0, 0.1) is 0 Å². The highest BCUT2D eigenvalue weighted by Crippen LogP contribution is 2.35. The zero-order chi connectivity index (χ0) is 21.0. The van der Waals surface area contributed by atoms with Crippen LogP contribution in [0.3, 0.4) is 0 Å². The number of hydrogen-bond donors (Lipinski definition) is 1. The Hall–Kier alpha value is -3.02. The first-order valence-electron chi connectivity index (χ1n) is 9.97. The maximum Gasteiger partial charge on any atom is 0.253 e. The van der Waals surface area contributed by atoms with E-state index in [9.17, 15) is 9.59 Å². The van der Waals surface area contributed by atoms with E-state index in [4.69, 9.17) is 9.47 Å². The van der Waals surface area contributed by atoms with Crippen molar-refractivity contribution in [2.75, 3.05) is 31.6 Å². The summed E-state index contributed by atoms with van der Waals surface area (Å²) in [6.07, 6.45) is 0. The number of fused-ring (bicyclic) bond motifs is 1. The minimum atomic E-state index is -0.772. The molecule has 6 heteroatoms. The van der Waals surface area contributed by atoms with Crippen LogP contribution in [-0.2, 0) is 10.2 Å². The molecule has 0 spiro atoms. The quantitative estimate of drug-likeness (QED) is 0.805. The fourth-order valence-corrected chi connectivity index (χ4v) is 3.24. The van der Waals surface area contributed by atoms with Crippen molar-refractivity contribution >= 4 is 17.5 Å². The average molecular weight is 396 g/mol. The van der Waals surface area contributed by atoms with Gasteiger partial charge in [0.15, 0.2) is 11.5 Å². The highest BCUT2D eigenvalue weighted by molar-refractivity contribution is 5.99. The second-order valence-electron chi connectivity index (χ2n) is 7.49. The Morgan fingerprint density at radius 2 is 1.59 bits per heavy atom. The molecule has 0 bridgehead atoms. The molecule has 29 heavy (non-hydrogen) atoms. The van der Waals surface area contributed by atoms with Crippen LogP contribution in [0.1, 0.15) is 43.6 Å². The smallest absolute Gasteiger partial charge is 0.253 e. The number of anilines is 1. The third kappa shape index (κ3) is 4.36. The van der Waals surface area contributed by atoms with E-state index in [-0.39, 0.29) is 11.8 Å². The summed E-state index contributed by atoms with van der Waals surface area (Å²) in [5, 5.41) is 2.95. The van der Waals surface area contributed by atoms with Crippen LogP contribution in [0.4, 0.5) is 5.69 Å². The number of rotatable bonds is 6. The number of carbonyl (C=O) groups is 2. The highest BCUT2D eigenvalue weighted by Gasteiger charge is 2.31. The molecular formula is C23H28N2O4. The second kappa shape index (κ2) is 8.55. The Bertz CT molecular complexity index is 886. The van der Waals surface area contributed by atoms with Crippen molar-refractivity contribution in [3.8, 4) is 11.5 Å². The van der Waals surface area contributed by atoms with Crippen molar-refractivity contribution in [1.29, 1.82) is 0 Å². The molecule has 6 nitrogen and oxygen atoms in total. The summed E-state index contributed by atoms with van der Waals surface area (Å²) in [7, 11) is 0. The van der Waals surface area contributed by atoms with E-state index in [1.165, 1.54) is 0 Å². The van der Waals surface area contributed by atoms with Crippen molar-refractivity contribution in [2.45, 2.75) is 33.1 Å². The molecule has 2 amide bonds. The molecular weight excluding hydrogens is 368 g/mol. The summed E-state index contributed by atoms with van der Waals surface area (Å²) in [6, 6.07) is 12.6. The summed E-state index contributed by atoms with van der Waals surface area (Å²) in [6.45, 7) is 10.0. The summed E-state index contributed by atoms with van der Waals surface area (Å²) >= 11 is 0. The molecule has 1 heterocycles. The van der Waals surface area contributed by atoms with E-state index < -0.39 is 5.41 Å². The summed E-state index contributed by atoms with van der Waals surface area (Å²) in [5.41, 5.74) is 1.33. The van der Waals surface area contributed by atoms with Crippen molar-refractivity contribution in [3.63, 3.8) is 0 Å². The van der Waals surface area contributed by atoms with E-state index >= 15 is 0 Å². The van der Waals surface area contributed by atoms with Crippen LogP contribution in [0.15, 0.2) is 42.5 Å². The first-order valence-corrected chi connectivity index (χ1v) is 9.97. The van der Waals surface area contributed by atoms with Crippen LogP contribution in [0.5, 0.6) is 11.5 Å². The zero-order valence-electron chi connectivity index (χ0n) is 17.5. The van der Waals surface area contributed by atoms with Crippen LogP contribution >= 0.6 is 0 Å². The lowest BCUT2D eigenvalue weighted by Gasteiger charge is -2.26. The van der Waals surface area contributed by atoms with E-state index in [2.05, 4.69) is 5.32 Å². The molecule has 0 fully saturated rings. The lowest BCUT2D eigenvalue weighted by molar-refractivity contribution is -0.120. The molecule has 0 saturated carbocycles. The molecule has 3 rings (SSSR count). The molecule has 154 valence electrons. The van der Waals surface area contributed by atoms with Crippen molar-refractivity contribution < 1.29 is 19.1 Å². The van der Waals surface area contributed by atoms with Gasteiger partial charge < -0.3 is 19.7 Å². The molecule has 1 aliphatic rings. The maximum absolute atomic E-state index is 13.0. The first-order chi connectivity index (χ1) is 13.9. The Kier molecular flexibility index (Phi) is 6.11. The molecule has 1 aliphatic heterocycles. The van der Waals surface area contributed by atoms with Gasteiger partial charge in [0.05, 0.1) is 5.41 Å². The van der Waals surface area contributed by atoms with Crippen LogP contribution < -0.4 is 14.8 Å². The Morgan fingerprint density at radius 1 is 0.966 bits per heavy atom. The van der Waals surface area contributed by atoms with Gasteiger partial charge >= 0.3 is 0 Å². The third-order valence-corrected chi connectivity index (χ3v) is 5.27. The van der Waals surface area contributed by atoms with E-state index in [0.717, 1.165) is 5.56 Å². The largest absolute Gasteiger partial charge is 0.486 e. The van der Waals surface area contributed by atoms with Gasteiger partial charge in [-0.1, -0.05) is 6.07 Å². The molecule has 2 aromatic rings. The number of amides is 2. The molecule has 0 aromatic heterocycles. The fraction of sp³-hybridized carbons (Fsp3) is 0.391. The zero-order valence-corrected chi connectivity index (χ0v) is 17.5. The van der Waals surface area contributed by atoms with Crippen molar-refractivity contribution in [3.05, 3.63) is 53.6 Å². The second-order valence-corrected chi connectivity index (χ2v) is 7.49. The topological polar surface area (TPSA) is 67.9 Å². The number of ether oxygens (including phenoxy) is 2. The number of nitrogens with one attached hydrogen (secondary N) is 1. The number of benzene rings is 2. The van der Waals surface area contributed by atoms with Gasteiger partial charge in [0, 0.05) is 24.3 Å². The predicted octanol–water partition coefficient (Wildman–Crippen LogP) is 3.86. The summed E-state index contributed by atoms with van der Waals surface area (Å²) in [4.78, 5) is 27.1. The average Bonchev–Trinajstić information content (AvgIpc) is 2.74. The van der Waals surface area contributed by atoms with E-state index in [0.29, 0.717) is 49.1 Å². The normalized spacial score (nSPS) is 13.0. The van der Waals surface area contributed by atoms with Gasteiger partial charge in [0.1, 0.15) is 13.2 Å². The van der Waals surface area contributed by atoms with Crippen molar-refractivity contribution in [2.24, 2.45) is 0 Å². The molecule has 2 aromatic carbocycles. The fourth-order valence-electron chi connectivity index (χ4n) is 3.24. The highest BCUT2D eigenvalue weighted by atomic mass is 16.6. The van der Waals surface area contributed by atoms with Crippen molar-refractivity contribution in [1.82, 2.24) is 4.90 Å². The molecule has 0 unspecified atom stereocenters. The molecule has 0 aliphatic carbocycles. The van der Waals surface area contributed by atoms with Crippen LogP contribution in [0.2, 0.25) is 0 Å². The summed E-state index contributed by atoms with van der Waals surface area (Å²) in [5.74, 6) is 1.21. The Balaban J connectivity index is 1.73. The standard InChI is InChI=1S/C23H28N2O4/c1-5-25(6-2)21(26)16-7-10-18(11-8-16)24-22(27)23(3,4)17-9-12-19-20(15-17)29-14-13-28-19/h7-12,15H,5-6,13-14H2,1-4H3,(H,24,27). The minimum Gasteiger partial charge on any atom is -0.486 e. The molecule has 0 radical (unpaired) electrons. The van der Waals surface area contributed by atoms with E-state index in [1.807, 2.05) is 45.9 Å². The minimum absolute atomic E-state index is 0.00974. The van der Waals surface area contributed by atoms with E-state index in [1.54, 1.807) is 29.2 Å². The SMILES string of the molecule is CCN(CC)C(=O)c1ccc(NC(=O)C(C)(C)c2ccc3c(c2)OCCO3)cc1. The number of carbonyl (C=O) groups excluding carboxylic acids is 2. The third-order valence-electron chi connectivity index (χ3n) is 5.27. The van der Waals surface area contributed by atoms with Crippen LogP contribution in [0.25, 0.3) is 0 Å².